The number of nitrogens with zero attached hydrogens (tertiary/aromatic N) is 3. The third kappa shape index (κ3) is 4.38. The van der Waals surface area contributed by atoms with Gasteiger partial charge >= 0.3 is 0 Å². The minimum atomic E-state index is -0.687. The van der Waals surface area contributed by atoms with E-state index in [1.807, 2.05) is 26.0 Å². The Bertz CT molecular complexity index is 1350. The van der Waals surface area contributed by atoms with Crippen LogP contribution in [0.3, 0.4) is 0 Å². The first-order chi connectivity index (χ1) is 16.5. The normalized spacial score (nSPS) is 15.7. The average Bonchev–Trinajstić information content (AvgIpc) is 3.27. The molecule has 1 aliphatic carbocycles. The fourth-order valence-electron chi connectivity index (χ4n) is 4.83. The Labute approximate surface area is 203 Å². The largest absolute Gasteiger partial charge is 0.504 e. The molecule has 1 aromatic carbocycles. The Balaban J connectivity index is 1.72. The van der Waals surface area contributed by atoms with E-state index in [1.165, 1.54) is 17.2 Å². The predicted molar refractivity (Wildman–Crippen MR) is 135 cm³/mol. The molecule has 9 nitrogen and oxygen atoms in total. The van der Waals surface area contributed by atoms with E-state index < -0.39 is 16.8 Å². The Morgan fingerprint density at radius 1 is 1.09 bits per heavy atom. The van der Waals surface area contributed by atoms with Gasteiger partial charge in [0.15, 0.2) is 11.4 Å². The number of anilines is 3. The van der Waals surface area contributed by atoms with Crippen LogP contribution in [0.25, 0.3) is 0 Å². The number of pyridine rings is 2. The average molecular weight is 478 g/mol. The van der Waals surface area contributed by atoms with Gasteiger partial charge in [0.1, 0.15) is 11.4 Å². The van der Waals surface area contributed by atoms with E-state index in [9.17, 15) is 19.5 Å². The molecule has 0 spiro atoms. The Morgan fingerprint density at radius 3 is 2.40 bits per heavy atom. The molecule has 3 aromatic rings. The fraction of sp³-hybridized carbons (Fsp3) is 0.423. The molecule has 3 N–H and O–H groups in total. The molecule has 4 rings (SSSR count). The van der Waals surface area contributed by atoms with Crippen LogP contribution in [0.15, 0.2) is 34.0 Å². The van der Waals surface area contributed by atoms with Crippen molar-refractivity contribution in [3.63, 3.8) is 0 Å². The second-order valence-electron chi connectivity index (χ2n) is 9.88. The van der Waals surface area contributed by atoms with E-state index >= 15 is 0 Å². The number of hydrogen-bond donors (Lipinski definition) is 3. The summed E-state index contributed by atoms with van der Waals surface area (Å²) in [6.45, 7) is 6.11. The first-order valence-electron chi connectivity index (χ1n) is 11.7. The van der Waals surface area contributed by atoms with Gasteiger partial charge in [0.25, 0.3) is 16.8 Å². The maximum Gasteiger partial charge on any atom is 0.275 e. The van der Waals surface area contributed by atoms with Crippen LogP contribution >= 0.6 is 0 Å². The van der Waals surface area contributed by atoms with Gasteiger partial charge in [0, 0.05) is 26.0 Å². The van der Waals surface area contributed by atoms with Gasteiger partial charge in [-0.05, 0) is 49.8 Å². The summed E-state index contributed by atoms with van der Waals surface area (Å²) in [5.41, 5.74) is 1.47. The lowest BCUT2D eigenvalue weighted by Gasteiger charge is -2.36. The molecule has 1 atom stereocenters. The Kier molecular flexibility index (Phi) is 6.36. The monoisotopic (exact) mass is 477 g/mol. The van der Waals surface area contributed by atoms with Crippen molar-refractivity contribution in [1.82, 2.24) is 14.9 Å². The van der Waals surface area contributed by atoms with E-state index in [-0.39, 0.29) is 40.0 Å². The lowest BCUT2D eigenvalue weighted by atomic mass is 9.77. The minimum Gasteiger partial charge on any atom is -0.504 e. The topological polar surface area (TPSA) is 125 Å². The first kappa shape index (κ1) is 24.4. The molecule has 0 bridgehead atoms. The molecule has 1 aliphatic rings. The van der Waals surface area contributed by atoms with Gasteiger partial charge in [-0.25, -0.2) is 4.98 Å². The van der Waals surface area contributed by atoms with E-state index in [4.69, 9.17) is 4.98 Å². The summed E-state index contributed by atoms with van der Waals surface area (Å²) < 4.78 is 0. The van der Waals surface area contributed by atoms with Crippen molar-refractivity contribution in [2.45, 2.75) is 52.5 Å². The molecule has 2 heterocycles. The zero-order chi connectivity index (χ0) is 25.5. The third-order valence-electron chi connectivity index (χ3n) is 6.98. The molecule has 0 saturated heterocycles. The van der Waals surface area contributed by atoms with Crippen molar-refractivity contribution in [2.24, 2.45) is 5.41 Å². The van der Waals surface area contributed by atoms with Crippen LogP contribution in [-0.2, 0) is 0 Å². The number of hydrogen-bond acceptors (Lipinski definition) is 8. The summed E-state index contributed by atoms with van der Waals surface area (Å²) in [7, 11) is 3.10. The van der Waals surface area contributed by atoms with Gasteiger partial charge in [-0.2, -0.15) is 0 Å². The molecule has 1 amide bonds. The van der Waals surface area contributed by atoms with Crippen molar-refractivity contribution < 1.29 is 9.90 Å². The smallest absolute Gasteiger partial charge is 0.275 e. The van der Waals surface area contributed by atoms with Gasteiger partial charge in [0.05, 0.1) is 17.4 Å². The molecular formula is C26H31N5O4. The Hall–Kier alpha value is -3.75. The SMILES string of the molecule is Cc1ccc(C)c([C@H](Nc2c(Nc3ccnc(C(=O)N(C)C)c3O)c(=O)c2=O)C2(C)CCCC2)n1. The molecular weight excluding hydrogens is 446 g/mol. The zero-order valence-electron chi connectivity index (χ0n) is 20.7. The fourth-order valence-corrected chi connectivity index (χ4v) is 4.83. The van der Waals surface area contributed by atoms with Crippen LogP contribution in [0.4, 0.5) is 17.1 Å². The van der Waals surface area contributed by atoms with Crippen molar-refractivity contribution in [3.8, 4) is 5.75 Å². The van der Waals surface area contributed by atoms with E-state index in [1.54, 1.807) is 14.1 Å². The lowest BCUT2D eigenvalue weighted by molar-refractivity contribution is 0.0819. The van der Waals surface area contributed by atoms with Crippen LogP contribution < -0.4 is 21.5 Å². The van der Waals surface area contributed by atoms with Crippen LogP contribution in [0.1, 0.15) is 66.1 Å². The van der Waals surface area contributed by atoms with Crippen molar-refractivity contribution in [3.05, 3.63) is 67.5 Å². The number of nitrogens with one attached hydrogen (secondary N) is 2. The number of aryl methyl sites for hydroxylation is 2. The highest BCUT2D eigenvalue weighted by Crippen LogP contribution is 2.49. The predicted octanol–water partition coefficient (Wildman–Crippen LogP) is 3.57. The molecule has 35 heavy (non-hydrogen) atoms. The number of rotatable bonds is 7. The highest BCUT2D eigenvalue weighted by molar-refractivity contribution is 5.97. The number of carbonyl (C=O) groups excluding carboxylic acids is 1. The lowest BCUT2D eigenvalue weighted by Crippen LogP contribution is -2.40. The maximum absolute atomic E-state index is 12.7. The summed E-state index contributed by atoms with van der Waals surface area (Å²) in [5.74, 6) is -0.870. The maximum atomic E-state index is 12.7. The molecule has 1 fully saturated rings. The molecule has 0 aliphatic heterocycles. The van der Waals surface area contributed by atoms with E-state index in [0.717, 1.165) is 42.6 Å². The molecule has 184 valence electrons. The summed E-state index contributed by atoms with van der Waals surface area (Å²) in [5, 5.41) is 16.9. The van der Waals surface area contributed by atoms with Gasteiger partial charge in [-0.1, -0.05) is 25.8 Å². The second kappa shape index (κ2) is 9.13. The van der Waals surface area contributed by atoms with Gasteiger partial charge in [-0.15, -0.1) is 0 Å². The highest BCUT2D eigenvalue weighted by atomic mass is 16.3. The van der Waals surface area contributed by atoms with E-state index in [2.05, 4.69) is 22.5 Å². The first-order valence-corrected chi connectivity index (χ1v) is 11.7. The zero-order valence-corrected chi connectivity index (χ0v) is 20.7. The van der Waals surface area contributed by atoms with Crippen LogP contribution in [0, 0.1) is 19.3 Å². The van der Waals surface area contributed by atoms with Crippen LogP contribution in [0.5, 0.6) is 5.75 Å². The van der Waals surface area contributed by atoms with Crippen LogP contribution in [-0.4, -0.2) is 40.0 Å². The molecule has 0 radical (unpaired) electrons. The van der Waals surface area contributed by atoms with E-state index in [0.29, 0.717) is 0 Å². The molecule has 9 heteroatoms. The van der Waals surface area contributed by atoms with Gasteiger partial charge in [0.2, 0.25) is 0 Å². The van der Waals surface area contributed by atoms with Gasteiger partial charge in [-0.3, -0.25) is 19.4 Å². The number of amides is 1. The van der Waals surface area contributed by atoms with Crippen molar-refractivity contribution in [2.75, 3.05) is 24.7 Å². The highest BCUT2D eigenvalue weighted by Gasteiger charge is 2.41. The number of aromatic hydroxyl groups is 1. The van der Waals surface area contributed by atoms with Gasteiger partial charge < -0.3 is 20.6 Å². The number of aromatic nitrogens is 2. The molecule has 0 unspecified atom stereocenters. The number of carbonyl (C=O) groups is 1. The summed E-state index contributed by atoms with van der Waals surface area (Å²) in [6.07, 6.45) is 5.48. The third-order valence-corrected chi connectivity index (χ3v) is 6.98. The molecule has 2 aromatic heterocycles. The second-order valence-corrected chi connectivity index (χ2v) is 9.88. The minimum absolute atomic E-state index is 0.0525. The quantitative estimate of drug-likeness (QED) is 0.441. The summed E-state index contributed by atoms with van der Waals surface area (Å²) in [4.78, 5) is 47.6. The van der Waals surface area contributed by atoms with Crippen LogP contribution in [0.2, 0.25) is 0 Å². The van der Waals surface area contributed by atoms with Crippen molar-refractivity contribution in [1.29, 1.82) is 0 Å². The molecule has 1 saturated carbocycles. The Morgan fingerprint density at radius 2 is 1.74 bits per heavy atom. The summed E-state index contributed by atoms with van der Waals surface area (Å²) >= 11 is 0. The standard InChI is InChI=1S/C26H31N5O4/c1-14-8-9-15(2)28-17(14)24(26(3)11-6-7-12-26)30-19-18(22(33)23(19)34)29-16-10-13-27-20(21(16)32)25(35)31(4)5/h8-10,13,24,30,32H,6-7,11-12H2,1-5H3,(H,27,29)/t24-/m0/s1. The van der Waals surface area contributed by atoms with Crippen molar-refractivity contribution >= 4 is 23.0 Å². The summed E-state index contributed by atoms with van der Waals surface area (Å²) in [6, 6.07) is 5.15.